The van der Waals surface area contributed by atoms with Crippen molar-refractivity contribution in [2.75, 3.05) is 7.11 Å². The Labute approximate surface area is 166 Å². The Kier molecular flexibility index (Phi) is 6.10. The van der Waals surface area contributed by atoms with Crippen LogP contribution in [0.15, 0.2) is 54.6 Å². The van der Waals surface area contributed by atoms with Gasteiger partial charge < -0.3 is 15.4 Å². The van der Waals surface area contributed by atoms with E-state index in [0.29, 0.717) is 5.75 Å². The molecule has 0 spiro atoms. The van der Waals surface area contributed by atoms with Gasteiger partial charge in [0, 0.05) is 0 Å². The van der Waals surface area contributed by atoms with Crippen molar-refractivity contribution >= 4 is 11.8 Å². The molecule has 0 radical (unpaired) electrons. The summed E-state index contributed by atoms with van der Waals surface area (Å²) in [6, 6.07) is 13.7. The molecule has 29 heavy (non-hydrogen) atoms. The van der Waals surface area contributed by atoms with E-state index in [0.717, 1.165) is 11.1 Å². The van der Waals surface area contributed by atoms with Crippen molar-refractivity contribution in [3.63, 3.8) is 0 Å². The van der Waals surface area contributed by atoms with Gasteiger partial charge in [0.1, 0.15) is 17.7 Å². The number of benzene rings is 2. The lowest BCUT2D eigenvalue weighted by Crippen LogP contribution is -2.54. The fourth-order valence-electron chi connectivity index (χ4n) is 3.35. The van der Waals surface area contributed by atoms with E-state index in [2.05, 4.69) is 5.32 Å². The molecule has 3 unspecified atom stereocenters. The summed E-state index contributed by atoms with van der Waals surface area (Å²) < 4.78 is 43.6. The van der Waals surface area contributed by atoms with Crippen LogP contribution in [0.1, 0.15) is 30.0 Å². The molecule has 1 saturated heterocycles. The fourth-order valence-corrected chi connectivity index (χ4v) is 3.35. The molecule has 0 bridgehead atoms. The van der Waals surface area contributed by atoms with Gasteiger partial charge in [-0.2, -0.15) is 13.2 Å². The van der Waals surface area contributed by atoms with Crippen LogP contribution < -0.4 is 15.4 Å². The first-order valence-corrected chi connectivity index (χ1v) is 9.16. The van der Waals surface area contributed by atoms with Gasteiger partial charge in [-0.1, -0.05) is 42.5 Å². The van der Waals surface area contributed by atoms with Crippen molar-refractivity contribution in [2.24, 2.45) is 5.92 Å². The molecule has 1 heterocycles. The van der Waals surface area contributed by atoms with Crippen molar-refractivity contribution in [3.05, 3.63) is 65.7 Å². The number of methoxy groups -OCH3 is 1. The number of hydrogen-bond acceptors (Lipinski definition) is 3. The number of hydrogen-bond donors (Lipinski definition) is 2. The lowest BCUT2D eigenvalue weighted by molar-refractivity contribution is -0.171. The zero-order valence-corrected chi connectivity index (χ0v) is 15.7. The Morgan fingerprint density at radius 3 is 2.24 bits per heavy atom. The van der Waals surface area contributed by atoms with Crippen molar-refractivity contribution < 1.29 is 27.5 Å². The normalized spacial score (nSPS) is 20.5. The van der Waals surface area contributed by atoms with Gasteiger partial charge in [-0.25, -0.2) is 0 Å². The van der Waals surface area contributed by atoms with Gasteiger partial charge in [0.2, 0.25) is 11.8 Å². The van der Waals surface area contributed by atoms with Crippen LogP contribution >= 0.6 is 0 Å². The zero-order valence-electron chi connectivity index (χ0n) is 15.7. The standard InChI is InChI=1S/C21H21F3N2O3/c1-29-15-9-7-14(8-10-15)18(13-5-3-2-4-6-13)26-20(28)16-11-12-17(21(22,23)24)25-19(16)27/h2-10,16-18H,11-12H2,1H3,(H,25,27)(H,26,28). The maximum Gasteiger partial charge on any atom is 0.408 e. The number of piperidine rings is 1. The maximum absolute atomic E-state index is 12.8. The summed E-state index contributed by atoms with van der Waals surface area (Å²) in [7, 11) is 1.54. The first-order chi connectivity index (χ1) is 13.8. The molecule has 2 aromatic rings. The van der Waals surface area contributed by atoms with Gasteiger partial charge in [-0.15, -0.1) is 0 Å². The molecule has 2 amide bonds. The van der Waals surface area contributed by atoms with Crippen LogP contribution in [0.5, 0.6) is 5.75 Å². The lowest BCUT2D eigenvalue weighted by atomic mass is 9.91. The number of carbonyl (C=O) groups excluding carboxylic acids is 2. The summed E-state index contributed by atoms with van der Waals surface area (Å²) in [5, 5.41) is 4.73. The van der Waals surface area contributed by atoms with Crippen LogP contribution in [0, 0.1) is 5.92 Å². The second kappa shape index (κ2) is 8.55. The Hall–Kier alpha value is -3.03. The maximum atomic E-state index is 12.8. The van der Waals surface area contributed by atoms with Crippen molar-refractivity contribution in [1.29, 1.82) is 0 Å². The molecule has 2 N–H and O–H groups in total. The predicted molar refractivity (Wildman–Crippen MR) is 100 cm³/mol. The fraction of sp³-hybridized carbons (Fsp3) is 0.333. The van der Waals surface area contributed by atoms with Crippen molar-refractivity contribution in [2.45, 2.75) is 31.1 Å². The summed E-state index contributed by atoms with van der Waals surface area (Å²) in [5.41, 5.74) is 1.55. The van der Waals surface area contributed by atoms with Gasteiger partial charge in [-0.3, -0.25) is 9.59 Å². The van der Waals surface area contributed by atoms with Gasteiger partial charge in [-0.05, 0) is 36.1 Å². The molecule has 0 saturated carbocycles. The van der Waals surface area contributed by atoms with E-state index in [4.69, 9.17) is 4.74 Å². The van der Waals surface area contributed by atoms with E-state index in [1.54, 1.807) is 31.4 Å². The number of halogens is 3. The zero-order chi connectivity index (χ0) is 21.0. The average Bonchev–Trinajstić information content (AvgIpc) is 2.72. The van der Waals surface area contributed by atoms with Crippen LogP contribution in [0.2, 0.25) is 0 Å². The van der Waals surface area contributed by atoms with Gasteiger partial charge in [0.05, 0.1) is 13.2 Å². The molecular formula is C21H21F3N2O3. The summed E-state index contributed by atoms with van der Waals surface area (Å²) in [6.07, 6.45) is -5.01. The molecule has 3 rings (SSSR count). The number of alkyl halides is 3. The second-order valence-electron chi connectivity index (χ2n) is 6.86. The van der Waals surface area contributed by atoms with Gasteiger partial charge in [0.15, 0.2) is 0 Å². The molecular weight excluding hydrogens is 385 g/mol. The molecule has 1 aliphatic rings. The van der Waals surface area contributed by atoms with Crippen LogP contribution in [-0.2, 0) is 9.59 Å². The first-order valence-electron chi connectivity index (χ1n) is 9.16. The SMILES string of the molecule is COc1ccc(C(NC(=O)C2CCC(C(F)(F)F)NC2=O)c2ccccc2)cc1. The topological polar surface area (TPSA) is 67.4 Å². The lowest BCUT2D eigenvalue weighted by Gasteiger charge is -2.31. The van der Waals surface area contributed by atoms with Crippen molar-refractivity contribution in [3.8, 4) is 5.75 Å². The highest BCUT2D eigenvalue weighted by molar-refractivity contribution is 6.01. The van der Waals surface area contributed by atoms with E-state index in [1.807, 2.05) is 35.6 Å². The minimum Gasteiger partial charge on any atom is -0.497 e. The van der Waals surface area contributed by atoms with E-state index in [-0.39, 0.29) is 12.8 Å². The molecule has 5 nitrogen and oxygen atoms in total. The van der Waals surface area contributed by atoms with Crippen LogP contribution in [-0.4, -0.2) is 31.1 Å². The number of amides is 2. The van der Waals surface area contributed by atoms with E-state index in [1.165, 1.54) is 0 Å². The highest BCUT2D eigenvalue weighted by atomic mass is 19.4. The van der Waals surface area contributed by atoms with Crippen molar-refractivity contribution in [1.82, 2.24) is 10.6 Å². The number of nitrogens with one attached hydrogen (secondary N) is 2. The quantitative estimate of drug-likeness (QED) is 0.749. The Morgan fingerprint density at radius 1 is 1.07 bits per heavy atom. The minimum absolute atomic E-state index is 0.161. The number of rotatable bonds is 5. The first kappa shape index (κ1) is 20.7. The summed E-state index contributed by atoms with van der Waals surface area (Å²) in [6.45, 7) is 0. The minimum atomic E-state index is -4.52. The third kappa shape index (κ3) is 4.88. The molecule has 1 aliphatic heterocycles. The summed E-state index contributed by atoms with van der Waals surface area (Å²) >= 11 is 0. The second-order valence-corrected chi connectivity index (χ2v) is 6.86. The average molecular weight is 406 g/mol. The smallest absolute Gasteiger partial charge is 0.408 e. The monoisotopic (exact) mass is 406 g/mol. The molecule has 3 atom stereocenters. The Balaban J connectivity index is 1.79. The molecule has 0 aliphatic carbocycles. The molecule has 8 heteroatoms. The van der Waals surface area contributed by atoms with E-state index in [9.17, 15) is 22.8 Å². The van der Waals surface area contributed by atoms with Crippen LogP contribution in [0.4, 0.5) is 13.2 Å². The third-order valence-corrected chi connectivity index (χ3v) is 4.96. The van der Waals surface area contributed by atoms with Crippen LogP contribution in [0.25, 0.3) is 0 Å². The third-order valence-electron chi connectivity index (χ3n) is 4.96. The van der Waals surface area contributed by atoms with Gasteiger partial charge in [0.25, 0.3) is 0 Å². The van der Waals surface area contributed by atoms with Crippen LogP contribution in [0.3, 0.4) is 0 Å². The molecule has 154 valence electrons. The van der Waals surface area contributed by atoms with E-state index < -0.39 is 36.0 Å². The highest BCUT2D eigenvalue weighted by Gasteiger charge is 2.46. The molecule has 2 aromatic carbocycles. The molecule has 0 aromatic heterocycles. The van der Waals surface area contributed by atoms with E-state index >= 15 is 0 Å². The van der Waals surface area contributed by atoms with Gasteiger partial charge >= 0.3 is 6.18 Å². The number of carbonyl (C=O) groups is 2. The predicted octanol–water partition coefficient (Wildman–Crippen LogP) is 3.36. The molecule has 1 fully saturated rings. The highest BCUT2D eigenvalue weighted by Crippen LogP contribution is 2.30. The Bertz CT molecular complexity index is 854. The number of ether oxygens (including phenoxy) is 1. The summed E-state index contributed by atoms with van der Waals surface area (Å²) in [5.74, 6) is -2.03. The largest absolute Gasteiger partial charge is 0.497 e. The summed E-state index contributed by atoms with van der Waals surface area (Å²) in [4.78, 5) is 24.9. The Morgan fingerprint density at radius 2 is 1.69 bits per heavy atom.